The number of piperazine rings is 1. The van der Waals surface area contributed by atoms with Gasteiger partial charge in [-0.2, -0.15) is 0 Å². The lowest BCUT2D eigenvalue weighted by molar-refractivity contribution is -0.137. The molecule has 1 aliphatic heterocycles. The number of benzene rings is 1. The van der Waals surface area contributed by atoms with Crippen molar-refractivity contribution in [3.05, 3.63) is 57.5 Å². The average Bonchev–Trinajstić information content (AvgIpc) is 2.80. The summed E-state index contributed by atoms with van der Waals surface area (Å²) in [5, 5.41) is 0.0782. The fourth-order valence-corrected chi connectivity index (χ4v) is 4.69. The molecule has 0 saturated carbocycles. The maximum atomic E-state index is 13.2. The van der Waals surface area contributed by atoms with Crippen LogP contribution < -0.4 is 5.56 Å². The standard InChI is InChI=1S/C23H30N4O4S/c1-16(21(29)27-12-10-26(11-13-27)17(2)28)32-23-24-20(15-31-4)19(22(30)25(23)3)14-18-8-6-5-7-9-18/h5-9,16H,10-15H2,1-4H3. The molecule has 1 aromatic heterocycles. The van der Waals surface area contributed by atoms with E-state index in [1.54, 1.807) is 30.9 Å². The highest BCUT2D eigenvalue weighted by atomic mass is 32.2. The Bertz CT molecular complexity index is 1020. The minimum atomic E-state index is -0.410. The van der Waals surface area contributed by atoms with E-state index in [0.29, 0.717) is 49.0 Å². The summed E-state index contributed by atoms with van der Waals surface area (Å²) in [6.45, 7) is 5.71. The molecule has 172 valence electrons. The van der Waals surface area contributed by atoms with Crippen LogP contribution in [0.15, 0.2) is 40.3 Å². The predicted octanol–water partition coefficient (Wildman–Crippen LogP) is 1.69. The maximum Gasteiger partial charge on any atom is 0.257 e. The van der Waals surface area contributed by atoms with Crippen LogP contribution in [0.5, 0.6) is 0 Å². The first-order valence-corrected chi connectivity index (χ1v) is 11.5. The number of methoxy groups -OCH3 is 1. The van der Waals surface area contributed by atoms with Crippen LogP contribution in [0, 0.1) is 0 Å². The summed E-state index contributed by atoms with van der Waals surface area (Å²) in [5.74, 6) is 0.00842. The summed E-state index contributed by atoms with van der Waals surface area (Å²) in [6, 6.07) is 9.78. The van der Waals surface area contributed by atoms with E-state index in [0.717, 1.165) is 5.56 Å². The zero-order valence-corrected chi connectivity index (χ0v) is 19.9. The number of hydrogen-bond acceptors (Lipinski definition) is 6. The quantitative estimate of drug-likeness (QED) is 0.464. The van der Waals surface area contributed by atoms with Crippen molar-refractivity contribution in [2.45, 2.75) is 37.3 Å². The van der Waals surface area contributed by atoms with E-state index in [-0.39, 0.29) is 24.0 Å². The Labute approximate surface area is 192 Å². The highest BCUT2D eigenvalue weighted by Crippen LogP contribution is 2.24. The summed E-state index contributed by atoms with van der Waals surface area (Å²) in [5.41, 5.74) is 2.09. The summed E-state index contributed by atoms with van der Waals surface area (Å²) in [4.78, 5) is 45.9. The lowest BCUT2D eigenvalue weighted by atomic mass is 10.0. The minimum Gasteiger partial charge on any atom is -0.378 e. The van der Waals surface area contributed by atoms with Gasteiger partial charge in [0.15, 0.2) is 5.16 Å². The van der Waals surface area contributed by atoms with Crippen LogP contribution in [0.2, 0.25) is 0 Å². The lowest BCUT2D eigenvalue weighted by Gasteiger charge is -2.35. The molecule has 2 amide bonds. The fourth-order valence-electron chi connectivity index (χ4n) is 3.72. The summed E-state index contributed by atoms with van der Waals surface area (Å²) >= 11 is 1.27. The molecule has 2 aromatic rings. The van der Waals surface area contributed by atoms with E-state index in [4.69, 9.17) is 9.72 Å². The van der Waals surface area contributed by atoms with Crippen molar-refractivity contribution in [1.29, 1.82) is 0 Å². The number of thioether (sulfide) groups is 1. The molecule has 8 nitrogen and oxygen atoms in total. The van der Waals surface area contributed by atoms with Crippen molar-refractivity contribution >= 4 is 23.6 Å². The Morgan fingerprint density at radius 2 is 1.75 bits per heavy atom. The van der Waals surface area contributed by atoms with Gasteiger partial charge in [0, 0.05) is 59.2 Å². The van der Waals surface area contributed by atoms with Gasteiger partial charge in [0.05, 0.1) is 17.6 Å². The molecule has 0 aliphatic carbocycles. The predicted molar refractivity (Wildman–Crippen MR) is 124 cm³/mol. The van der Waals surface area contributed by atoms with Gasteiger partial charge >= 0.3 is 0 Å². The van der Waals surface area contributed by atoms with Crippen molar-refractivity contribution < 1.29 is 14.3 Å². The molecule has 0 spiro atoms. The third kappa shape index (κ3) is 5.58. The van der Waals surface area contributed by atoms with Crippen LogP contribution >= 0.6 is 11.8 Å². The van der Waals surface area contributed by atoms with Gasteiger partial charge in [-0.15, -0.1) is 0 Å². The number of ether oxygens (including phenoxy) is 1. The maximum absolute atomic E-state index is 13.2. The Balaban J connectivity index is 1.78. The highest BCUT2D eigenvalue weighted by Gasteiger charge is 2.27. The fraction of sp³-hybridized carbons (Fsp3) is 0.478. The molecule has 1 saturated heterocycles. The topological polar surface area (TPSA) is 84.7 Å². The van der Waals surface area contributed by atoms with Gasteiger partial charge in [-0.3, -0.25) is 19.0 Å². The molecule has 3 rings (SSSR count). The molecule has 1 unspecified atom stereocenters. The van der Waals surface area contributed by atoms with Crippen molar-refractivity contribution in [2.75, 3.05) is 33.3 Å². The molecule has 1 aliphatic rings. The van der Waals surface area contributed by atoms with Gasteiger partial charge in [0.25, 0.3) is 5.56 Å². The second kappa shape index (κ2) is 10.8. The van der Waals surface area contributed by atoms with Crippen LogP contribution in [-0.2, 0) is 34.4 Å². The highest BCUT2D eigenvalue weighted by molar-refractivity contribution is 8.00. The zero-order chi connectivity index (χ0) is 23.3. The summed E-state index contributed by atoms with van der Waals surface area (Å²) in [6.07, 6.45) is 0.471. The van der Waals surface area contributed by atoms with E-state index in [1.807, 2.05) is 37.3 Å². The molecule has 9 heteroatoms. The van der Waals surface area contributed by atoms with E-state index in [2.05, 4.69) is 0 Å². The second-order valence-corrected chi connectivity index (χ2v) is 9.18. The Morgan fingerprint density at radius 1 is 1.12 bits per heavy atom. The normalized spacial score (nSPS) is 15.0. The van der Waals surface area contributed by atoms with E-state index in [9.17, 15) is 14.4 Å². The molecule has 32 heavy (non-hydrogen) atoms. The van der Waals surface area contributed by atoms with Gasteiger partial charge in [-0.25, -0.2) is 4.98 Å². The van der Waals surface area contributed by atoms with Gasteiger partial charge in [0.1, 0.15) is 0 Å². The lowest BCUT2D eigenvalue weighted by Crippen LogP contribution is -2.51. The van der Waals surface area contributed by atoms with Crippen molar-refractivity contribution in [3.63, 3.8) is 0 Å². The zero-order valence-electron chi connectivity index (χ0n) is 19.0. The van der Waals surface area contributed by atoms with E-state index < -0.39 is 5.25 Å². The van der Waals surface area contributed by atoms with Gasteiger partial charge in [-0.05, 0) is 12.5 Å². The number of carbonyl (C=O) groups excluding carboxylic acids is 2. The molecule has 0 radical (unpaired) electrons. The third-order valence-corrected chi connectivity index (χ3v) is 6.73. The number of carbonyl (C=O) groups is 2. The van der Waals surface area contributed by atoms with Crippen molar-refractivity contribution in [2.24, 2.45) is 7.05 Å². The molecular weight excluding hydrogens is 428 g/mol. The number of amides is 2. The van der Waals surface area contributed by atoms with Gasteiger partial charge in [-0.1, -0.05) is 42.1 Å². The summed E-state index contributed by atoms with van der Waals surface area (Å²) in [7, 11) is 3.26. The van der Waals surface area contributed by atoms with Gasteiger partial charge in [0.2, 0.25) is 11.8 Å². The first-order chi connectivity index (χ1) is 15.3. The Kier molecular flexibility index (Phi) is 8.09. The molecule has 0 bridgehead atoms. The molecule has 1 fully saturated rings. The Morgan fingerprint density at radius 3 is 2.34 bits per heavy atom. The van der Waals surface area contributed by atoms with Crippen LogP contribution in [0.3, 0.4) is 0 Å². The number of nitrogens with zero attached hydrogens (tertiary/aromatic N) is 4. The molecule has 1 aromatic carbocycles. The second-order valence-electron chi connectivity index (χ2n) is 7.87. The number of rotatable bonds is 7. The monoisotopic (exact) mass is 458 g/mol. The number of aromatic nitrogens is 2. The smallest absolute Gasteiger partial charge is 0.257 e. The molecule has 1 atom stereocenters. The van der Waals surface area contributed by atoms with Crippen LogP contribution in [0.1, 0.15) is 30.7 Å². The first-order valence-electron chi connectivity index (χ1n) is 10.6. The first kappa shape index (κ1) is 24.0. The average molecular weight is 459 g/mol. The minimum absolute atomic E-state index is 0.0193. The van der Waals surface area contributed by atoms with E-state index in [1.165, 1.54) is 16.3 Å². The van der Waals surface area contributed by atoms with Crippen LogP contribution in [0.4, 0.5) is 0 Å². The number of hydrogen-bond donors (Lipinski definition) is 0. The molecule has 0 N–H and O–H groups in total. The largest absolute Gasteiger partial charge is 0.378 e. The Hall–Kier alpha value is -2.65. The van der Waals surface area contributed by atoms with Crippen LogP contribution in [0.25, 0.3) is 0 Å². The van der Waals surface area contributed by atoms with Crippen molar-refractivity contribution in [3.8, 4) is 0 Å². The molecule has 2 heterocycles. The van der Waals surface area contributed by atoms with Gasteiger partial charge < -0.3 is 14.5 Å². The molecular formula is C23H30N4O4S. The third-order valence-electron chi connectivity index (χ3n) is 5.60. The van der Waals surface area contributed by atoms with Crippen molar-refractivity contribution in [1.82, 2.24) is 19.4 Å². The summed E-state index contributed by atoms with van der Waals surface area (Å²) < 4.78 is 6.82. The van der Waals surface area contributed by atoms with Crippen LogP contribution in [-0.4, -0.2) is 69.7 Å². The SMILES string of the molecule is COCc1nc(SC(C)C(=O)N2CCN(C(C)=O)CC2)n(C)c(=O)c1Cc1ccccc1. The van der Waals surface area contributed by atoms with E-state index >= 15 is 0 Å².